The molecule has 2 aromatic rings. The number of hydrogen-bond donors (Lipinski definition) is 2. The molecule has 1 spiro atoms. The lowest BCUT2D eigenvalue weighted by molar-refractivity contribution is -0.158. The Hall–Kier alpha value is -1.65. The van der Waals surface area contributed by atoms with E-state index in [4.69, 9.17) is 4.52 Å². The second kappa shape index (κ2) is 5.92. The predicted molar refractivity (Wildman–Crippen MR) is 103 cm³/mol. The van der Waals surface area contributed by atoms with Crippen LogP contribution >= 0.6 is 0 Å². The molecule has 1 aromatic heterocycles. The van der Waals surface area contributed by atoms with Crippen molar-refractivity contribution in [3.8, 4) is 11.3 Å². The molecule has 4 nitrogen and oxygen atoms in total. The van der Waals surface area contributed by atoms with Crippen LogP contribution in [-0.2, 0) is 5.60 Å². The van der Waals surface area contributed by atoms with E-state index in [1.54, 1.807) is 0 Å². The van der Waals surface area contributed by atoms with Gasteiger partial charge in [0.2, 0.25) is 0 Å². The second-order valence-electron chi connectivity index (χ2n) is 9.43. The van der Waals surface area contributed by atoms with E-state index in [0.29, 0.717) is 5.92 Å². The van der Waals surface area contributed by atoms with Crippen LogP contribution in [0, 0.1) is 19.3 Å². The summed E-state index contributed by atoms with van der Waals surface area (Å²) in [5.41, 5.74) is 4.60. The molecular formula is C23H29NO3. The molecule has 0 atom stereocenters. The summed E-state index contributed by atoms with van der Waals surface area (Å²) < 4.78 is 5.85. The van der Waals surface area contributed by atoms with E-state index < -0.39 is 5.60 Å². The Balaban J connectivity index is 1.55. The number of rotatable bonds is 3. The minimum atomic E-state index is -0.843. The molecule has 0 amide bonds. The van der Waals surface area contributed by atoms with Crippen LogP contribution in [0.25, 0.3) is 11.3 Å². The molecule has 4 heteroatoms. The Kier molecular flexibility index (Phi) is 3.83. The molecule has 27 heavy (non-hydrogen) atoms. The molecule has 1 aromatic carbocycles. The van der Waals surface area contributed by atoms with Crippen molar-refractivity contribution in [2.45, 2.75) is 82.8 Å². The molecule has 0 radical (unpaired) electrons. The summed E-state index contributed by atoms with van der Waals surface area (Å²) in [6, 6.07) is 6.27. The number of aryl methyl sites for hydroxylation is 2. The maximum Gasteiger partial charge on any atom is 0.146 e. The average molecular weight is 367 g/mol. The van der Waals surface area contributed by atoms with Gasteiger partial charge in [-0.3, -0.25) is 0 Å². The highest BCUT2D eigenvalue weighted by Crippen LogP contribution is 2.63. The van der Waals surface area contributed by atoms with E-state index in [1.165, 1.54) is 11.1 Å². The molecule has 3 saturated carbocycles. The molecule has 0 unspecified atom stereocenters. The first-order valence-electron chi connectivity index (χ1n) is 10.4. The smallest absolute Gasteiger partial charge is 0.146 e. The van der Waals surface area contributed by atoms with E-state index in [2.05, 4.69) is 37.2 Å². The first kappa shape index (κ1) is 17.4. The number of benzene rings is 1. The van der Waals surface area contributed by atoms with Crippen LogP contribution in [0.3, 0.4) is 0 Å². The first-order chi connectivity index (χ1) is 12.9. The monoisotopic (exact) mass is 367 g/mol. The normalized spacial score (nSPS) is 33.3. The second-order valence-corrected chi connectivity index (χ2v) is 9.43. The number of aliphatic hydroxyl groups is 2. The lowest BCUT2D eigenvalue weighted by Crippen LogP contribution is -2.52. The van der Waals surface area contributed by atoms with Crippen LogP contribution in [-0.4, -0.2) is 21.5 Å². The van der Waals surface area contributed by atoms with E-state index in [0.717, 1.165) is 73.9 Å². The third-order valence-electron chi connectivity index (χ3n) is 7.20. The quantitative estimate of drug-likeness (QED) is 0.822. The lowest BCUT2D eigenvalue weighted by Gasteiger charge is -2.56. The third kappa shape index (κ3) is 2.76. The molecule has 1 heterocycles. The molecule has 5 rings (SSSR count). The fraction of sp³-hybridized carbons (Fsp3) is 0.609. The van der Waals surface area contributed by atoms with Crippen LogP contribution < -0.4 is 0 Å². The van der Waals surface area contributed by atoms with Crippen LogP contribution in [0.4, 0.5) is 0 Å². The SMILES string of the molecule is Cc1cccc(C)c1-c1noc(C2CC2)c1C1(O)CC2(CCC(O)CC2)C1. The molecule has 0 bridgehead atoms. The average Bonchev–Trinajstić information content (AvgIpc) is 3.36. The van der Waals surface area contributed by atoms with Gasteiger partial charge >= 0.3 is 0 Å². The Morgan fingerprint density at radius 3 is 2.26 bits per heavy atom. The van der Waals surface area contributed by atoms with Crippen LogP contribution in [0.1, 0.15) is 79.7 Å². The van der Waals surface area contributed by atoms with Crippen LogP contribution in [0.15, 0.2) is 22.7 Å². The summed E-state index contributed by atoms with van der Waals surface area (Å²) >= 11 is 0. The summed E-state index contributed by atoms with van der Waals surface area (Å²) in [6.45, 7) is 4.21. The molecule has 2 N–H and O–H groups in total. The Morgan fingerprint density at radius 2 is 1.67 bits per heavy atom. The maximum atomic E-state index is 11.7. The maximum absolute atomic E-state index is 11.7. The van der Waals surface area contributed by atoms with Crippen molar-refractivity contribution in [1.82, 2.24) is 5.16 Å². The third-order valence-corrected chi connectivity index (χ3v) is 7.20. The van der Waals surface area contributed by atoms with Gasteiger partial charge in [0.1, 0.15) is 11.5 Å². The van der Waals surface area contributed by atoms with Gasteiger partial charge in [0.15, 0.2) is 0 Å². The fourth-order valence-corrected chi connectivity index (χ4v) is 5.67. The van der Waals surface area contributed by atoms with Crippen molar-refractivity contribution in [3.05, 3.63) is 40.6 Å². The Labute approximate surface area is 160 Å². The molecule has 144 valence electrons. The van der Waals surface area contributed by atoms with E-state index in [1.807, 2.05) is 0 Å². The van der Waals surface area contributed by atoms with Crippen molar-refractivity contribution in [1.29, 1.82) is 0 Å². The van der Waals surface area contributed by atoms with Gasteiger partial charge in [0, 0.05) is 11.5 Å². The van der Waals surface area contributed by atoms with Gasteiger partial charge in [-0.1, -0.05) is 23.4 Å². The van der Waals surface area contributed by atoms with E-state index >= 15 is 0 Å². The predicted octanol–water partition coefficient (Wildman–Crippen LogP) is 4.74. The summed E-state index contributed by atoms with van der Waals surface area (Å²) in [4.78, 5) is 0. The molecular weight excluding hydrogens is 338 g/mol. The van der Waals surface area contributed by atoms with Crippen LogP contribution in [0.2, 0.25) is 0 Å². The van der Waals surface area contributed by atoms with Gasteiger partial charge in [-0.25, -0.2) is 0 Å². The van der Waals surface area contributed by atoms with Gasteiger partial charge < -0.3 is 14.7 Å². The van der Waals surface area contributed by atoms with Crippen molar-refractivity contribution in [3.63, 3.8) is 0 Å². The van der Waals surface area contributed by atoms with Crippen molar-refractivity contribution >= 4 is 0 Å². The van der Waals surface area contributed by atoms with E-state index in [-0.39, 0.29) is 11.5 Å². The van der Waals surface area contributed by atoms with Gasteiger partial charge in [-0.15, -0.1) is 0 Å². The van der Waals surface area contributed by atoms with Crippen molar-refractivity contribution in [2.24, 2.45) is 5.41 Å². The van der Waals surface area contributed by atoms with E-state index in [9.17, 15) is 10.2 Å². The summed E-state index contributed by atoms with van der Waals surface area (Å²) in [6.07, 6.45) is 7.38. The summed E-state index contributed by atoms with van der Waals surface area (Å²) in [5, 5.41) is 26.0. The molecule has 0 aliphatic heterocycles. The highest BCUT2D eigenvalue weighted by molar-refractivity contribution is 5.72. The number of hydrogen-bond acceptors (Lipinski definition) is 4. The standard InChI is InChI=1S/C23H29NO3/c1-14-4-3-5-15(2)18(14)20-19(21(27-24-20)16-6-7-16)23(26)12-22(13-23)10-8-17(25)9-11-22/h3-5,16-17,25-26H,6-13H2,1-2H3. The lowest BCUT2D eigenvalue weighted by atomic mass is 9.51. The highest BCUT2D eigenvalue weighted by Gasteiger charge is 2.58. The van der Waals surface area contributed by atoms with Gasteiger partial charge in [0.05, 0.1) is 17.3 Å². The first-order valence-corrected chi connectivity index (χ1v) is 10.4. The van der Waals surface area contributed by atoms with Gasteiger partial charge in [-0.2, -0.15) is 0 Å². The largest absolute Gasteiger partial charge is 0.393 e. The Morgan fingerprint density at radius 1 is 1.04 bits per heavy atom. The molecule has 0 saturated heterocycles. The molecule has 3 aliphatic carbocycles. The Bertz CT molecular complexity index is 843. The van der Waals surface area contributed by atoms with Gasteiger partial charge in [-0.05, 0) is 81.8 Å². The van der Waals surface area contributed by atoms with Crippen molar-refractivity contribution < 1.29 is 14.7 Å². The number of nitrogens with zero attached hydrogens (tertiary/aromatic N) is 1. The molecule has 3 fully saturated rings. The summed E-state index contributed by atoms with van der Waals surface area (Å²) in [7, 11) is 0. The minimum Gasteiger partial charge on any atom is -0.393 e. The number of aliphatic hydroxyl groups excluding tert-OH is 1. The zero-order valence-corrected chi connectivity index (χ0v) is 16.3. The van der Waals surface area contributed by atoms with Gasteiger partial charge in [0.25, 0.3) is 0 Å². The molecule has 3 aliphatic rings. The van der Waals surface area contributed by atoms with Crippen molar-refractivity contribution in [2.75, 3.05) is 0 Å². The zero-order valence-electron chi connectivity index (χ0n) is 16.3. The minimum absolute atomic E-state index is 0.160. The van der Waals surface area contributed by atoms with Crippen LogP contribution in [0.5, 0.6) is 0 Å². The zero-order chi connectivity index (χ0) is 18.8. The fourth-order valence-electron chi connectivity index (χ4n) is 5.67. The number of aromatic nitrogens is 1. The summed E-state index contributed by atoms with van der Waals surface area (Å²) in [5.74, 6) is 1.33. The highest BCUT2D eigenvalue weighted by atomic mass is 16.5. The topological polar surface area (TPSA) is 66.5 Å².